The van der Waals surface area contributed by atoms with Gasteiger partial charge in [0.25, 0.3) is 0 Å². The summed E-state index contributed by atoms with van der Waals surface area (Å²) in [4.78, 5) is 15.4. The molecule has 7 aromatic carbocycles. The fourth-order valence-corrected chi connectivity index (χ4v) is 8.40. The van der Waals surface area contributed by atoms with E-state index < -0.39 is 0 Å². The Bertz CT molecular complexity index is 3030. The molecule has 0 saturated heterocycles. The molecule has 3 heterocycles. The average Bonchev–Trinajstić information content (AvgIpc) is 3.80. The number of hydrogen-bond donors (Lipinski definition) is 0. The molecular formula is C46H26N4OS. The molecule has 0 aliphatic rings. The van der Waals surface area contributed by atoms with Crippen molar-refractivity contribution in [1.29, 1.82) is 5.26 Å². The van der Waals surface area contributed by atoms with E-state index in [0.717, 1.165) is 81.1 Å². The number of thiophene rings is 1. The summed E-state index contributed by atoms with van der Waals surface area (Å²) in [5.41, 5.74) is 9.33. The Kier molecular flexibility index (Phi) is 6.98. The van der Waals surface area contributed by atoms with E-state index in [1.54, 1.807) is 11.3 Å². The summed E-state index contributed by atoms with van der Waals surface area (Å²) in [5, 5.41) is 14.1. The standard InChI is InChI=1S/C46H26N4OS/c47-27-33-17-8-19-35-36-20-9-21-38(43(36)52-42(33)35)46-49-44(31-16-7-15-30(25-31)28-11-3-1-4-12-28)48-45(50-46)32-23-24-37-40(26-32)51-39-22-10-18-34(41(37)39)29-13-5-2-6-14-29/h1-26H. The van der Waals surface area contributed by atoms with E-state index in [1.807, 2.05) is 72.8 Å². The predicted octanol–water partition coefficient (Wildman–Crippen LogP) is 12.3. The summed E-state index contributed by atoms with van der Waals surface area (Å²) in [5.74, 6) is 1.69. The van der Waals surface area contributed by atoms with Crippen LogP contribution in [0.5, 0.6) is 0 Å². The molecule has 0 aliphatic carbocycles. The molecule has 10 aromatic rings. The first-order valence-electron chi connectivity index (χ1n) is 17.0. The van der Waals surface area contributed by atoms with Gasteiger partial charge in [0.1, 0.15) is 17.2 Å². The van der Waals surface area contributed by atoms with Crippen LogP contribution in [0.3, 0.4) is 0 Å². The topological polar surface area (TPSA) is 75.6 Å². The fraction of sp³-hybridized carbons (Fsp3) is 0. The molecule has 0 fully saturated rings. The molecular weight excluding hydrogens is 657 g/mol. The van der Waals surface area contributed by atoms with Gasteiger partial charge in [-0.05, 0) is 58.7 Å². The van der Waals surface area contributed by atoms with Gasteiger partial charge in [-0.25, -0.2) is 15.0 Å². The van der Waals surface area contributed by atoms with Crippen LogP contribution in [0.1, 0.15) is 5.56 Å². The van der Waals surface area contributed by atoms with Crippen molar-refractivity contribution in [3.63, 3.8) is 0 Å². The van der Waals surface area contributed by atoms with Gasteiger partial charge in [-0.2, -0.15) is 5.26 Å². The van der Waals surface area contributed by atoms with Gasteiger partial charge in [-0.3, -0.25) is 0 Å². The lowest BCUT2D eigenvalue weighted by Gasteiger charge is -2.10. The van der Waals surface area contributed by atoms with Crippen molar-refractivity contribution in [2.24, 2.45) is 0 Å². The second-order valence-electron chi connectivity index (χ2n) is 12.7. The smallest absolute Gasteiger partial charge is 0.165 e. The van der Waals surface area contributed by atoms with Crippen molar-refractivity contribution in [2.75, 3.05) is 0 Å². The molecule has 0 N–H and O–H groups in total. The van der Waals surface area contributed by atoms with Crippen molar-refractivity contribution >= 4 is 53.4 Å². The summed E-state index contributed by atoms with van der Waals surface area (Å²) < 4.78 is 8.48. The Morgan fingerprint density at radius 2 is 1.06 bits per heavy atom. The summed E-state index contributed by atoms with van der Waals surface area (Å²) in [7, 11) is 0. The minimum absolute atomic E-state index is 0.548. The second-order valence-corrected chi connectivity index (χ2v) is 13.7. The third-order valence-corrected chi connectivity index (χ3v) is 10.9. The molecule has 3 aromatic heterocycles. The summed E-state index contributed by atoms with van der Waals surface area (Å²) in [6, 6.07) is 55.9. The zero-order chi connectivity index (χ0) is 34.6. The highest BCUT2D eigenvalue weighted by Crippen LogP contribution is 2.42. The molecule has 0 atom stereocenters. The van der Waals surface area contributed by atoms with Gasteiger partial charge >= 0.3 is 0 Å². The lowest BCUT2D eigenvalue weighted by molar-refractivity contribution is 0.669. The monoisotopic (exact) mass is 682 g/mol. The lowest BCUT2D eigenvalue weighted by atomic mass is 9.99. The van der Waals surface area contributed by atoms with E-state index in [4.69, 9.17) is 19.4 Å². The number of hydrogen-bond acceptors (Lipinski definition) is 6. The van der Waals surface area contributed by atoms with Crippen LogP contribution in [0.15, 0.2) is 162 Å². The van der Waals surface area contributed by atoms with Gasteiger partial charge in [0.15, 0.2) is 17.5 Å². The molecule has 0 amide bonds. The quantitative estimate of drug-likeness (QED) is 0.181. The van der Waals surface area contributed by atoms with Crippen molar-refractivity contribution in [2.45, 2.75) is 0 Å². The van der Waals surface area contributed by atoms with E-state index in [9.17, 15) is 5.26 Å². The Hall–Kier alpha value is -6.94. The Labute approximate surface area is 302 Å². The van der Waals surface area contributed by atoms with E-state index in [2.05, 4.69) is 91.0 Å². The van der Waals surface area contributed by atoms with Gasteiger partial charge in [-0.15, -0.1) is 11.3 Å². The van der Waals surface area contributed by atoms with Gasteiger partial charge in [0.2, 0.25) is 0 Å². The van der Waals surface area contributed by atoms with Gasteiger partial charge in [0.05, 0.1) is 10.3 Å². The molecule has 6 heteroatoms. The van der Waals surface area contributed by atoms with E-state index in [1.165, 1.54) is 0 Å². The maximum Gasteiger partial charge on any atom is 0.165 e. The van der Waals surface area contributed by atoms with E-state index in [-0.39, 0.29) is 0 Å². The van der Waals surface area contributed by atoms with Gasteiger partial charge < -0.3 is 4.42 Å². The number of benzene rings is 7. The number of nitrogens with zero attached hydrogens (tertiary/aromatic N) is 4. The molecule has 0 saturated carbocycles. The van der Waals surface area contributed by atoms with E-state index in [0.29, 0.717) is 23.0 Å². The minimum atomic E-state index is 0.548. The van der Waals surface area contributed by atoms with Crippen LogP contribution >= 0.6 is 11.3 Å². The Morgan fingerprint density at radius 3 is 1.85 bits per heavy atom. The summed E-state index contributed by atoms with van der Waals surface area (Å²) in [6.07, 6.45) is 0. The second kappa shape index (κ2) is 12.1. The van der Waals surface area contributed by atoms with Crippen LogP contribution in [-0.2, 0) is 0 Å². The number of nitriles is 1. The van der Waals surface area contributed by atoms with Crippen LogP contribution in [0.25, 0.3) is 98.5 Å². The third kappa shape index (κ3) is 4.95. The zero-order valence-corrected chi connectivity index (χ0v) is 28.4. The molecule has 0 unspecified atom stereocenters. The highest BCUT2D eigenvalue weighted by Gasteiger charge is 2.19. The molecule has 0 radical (unpaired) electrons. The van der Waals surface area contributed by atoms with Crippen LogP contribution in [0, 0.1) is 11.3 Å². The highest BCUT2D eigenvalue weighted by molar-refractivity contribution is 7.26. The van der Waals surface area contributed by atoms with Crippen LogP contribution in [0.2, 0.25) is 0 Å². The van der Waals surface area contributed by atoms with Crippen LogP contribution in [-0.4, -0.2) is 15.0 Å². The van der Waals surface area contributed by atoms with Crippen LogP contribution < -0.4 is 0 Å². The molecule has 0 aliphatic heterocycles. The van der Waals surface area contributed by atoms with Crippen LogP contribution in [0.4, 0.5) is 0 Å². The lowest BCUT2D eigenvalue weighted by Crippen LogP contribution is -2.00. The first-order chi connectivity index (χ1) is 25.7. The normalized spacial score (nSPS) is 11.4. The zero-order valence-electron chi connectivity index (χ0n) is 27.6. The molecule has 10 rings (SSSR count). The Balaban J connectivity index is 1.19. The van der Waals surface area contributed by atoms with Gasteiger partial charge in [-0.1, -0.05) is 121 Å². The van der Waals surface area contributed by atoms with Crippen molar-refractivity contribution in [3.8, 4) is 62.5 Å². The SMILES string of the molecule is N#Cc1cccc2c1sc1c(-c3nc(-c4cccc(-c5ccccc5)c4)nc(-c4ccc5c(c4)oc4cccc(-c6ccccc6)c45)n3)cccc12. The molecule has 5 nitrogen and oxygen atoms in total. The molecule has 0 spiro atoms. The van der Waals surface area contributed by atoms with Crippen molar-refractivity contribution < 1.29 is 4.42 Å². The number of furan rings is 1. The average molecular weight is 683 g/mol. The van der Waals surface area contributed by atoms with Crippen molar-refractivity contribution in [3.05, 3.63) is 163 Å². The minimum Gasteiger partial charge on any atom is -0.456 e. The molecule has 52 heavy (non-hydrogen) atoms. The first kappa shape index (κ1) is 29.9. The van der Waals surface area contributed by atoms with E-state index >= 15 is 0 Å². The summed E-state index contributed by atoms with van der Waals surface area (Å²) >= 11 is 1.60. The maximum atomic E-state index is 9.89. The number of rotatable bonds is 5. The molecule has 0 bridgehead atoms. The molecule has 242 valence electrons. The number of aromatic nitrogens is 3. The fourth-order valence-electron chi connectivity index (χ4n) is 7.13. The highest BCUT2D eigenvalue weighted by atomic mass is 32.1. The predicted molar refractivity (Wildman–Crippen MR) is 212 cm³/mol. The first-order valence-corrected chi connectivity index (χ1v) is 17.8. The van der Waals surface area contributed by atoms with Crippen molar-refractivity contribution in [1.82, 2.24) is 15.0 Å². The number of fused-ring (bicyclic) bond motifs is 6. The maximum absolute atomic E-state index is 9.89. The Morgan fingerprint density at radius 1 is 0.442 bits per heavy atom. The summed E-state index contributed by atoms with van der Waals surface area (Å²) in [6.45, 7) is 0. The largest absolute Gasteiger partial charge is 0.456 e. The third-order valence-electron chi connectivity index (χ3n) is 9.59. The van der Waals surface area contributed by atoms with Gasteiger partial charge in [0, 0.05) is 42.9 Å².